The van der Waals surface area contributed by atoms with Gasteiger partial charge in [0.15, 0.2) is 0 Å². The van der Waals surface area contributed by atoms with Crippen molar-refractivity contribution in [3.8, 4) is 22.3 Å². The molecule has 52 heavy (non-hydrogen) atoms. The Labute approximate surface area is 307 Å². The minimum atomic E-state index is -0.0961. The van der Waals surface area contributed by atoms with Crippen LogP contribution < -0.4 is 4.90 Å². The Hall–Kier alpha value is -5.86. The van der Waals surface area contributed by atoms with Gasteiger partial charge in [-0.15, -0.1) is 0 Å². The summed E-state index contributed by atoms with van der Waals surface area (Å²) in [7, 11) is 0. The molecule has 0 unspecified atom stereocenters. The van der Waals surface area contributed by atoms with Crippen molar-refractivity contribution in [1.29, 1.82) is 0 Å². The molecule has 0 N–H and O–H groups in total. The third-order valence-corrected chi connectivity index (χ3v) is 13.8. The fourth-order valence-electron chi connectivity index (χ4n) is 8.62. The van der Waals surface area contributed by atoms with Crippen LogP contribution in [0.25, 0.3) is 74.3 Å². The molecule has 0 radical (unpaired) electrons. The van der Waals surface area contributed by atoms with Crippen LogP contribution in [0.4, 0.5) is 17.1 Å². The molecular weight excluding hydrogens is 698 g/mol. The first kappa shape index (κ1) is 29.8. The fraction of sp³-hybridized carbons (Fsp3) is 0.0612. The van der Waals surface area contributed by atoms with Gasteiger partial charge in [-0.3, -0.25) is 0 Å². The monoisotopic (exact) mass is 731 g/mol. The van der Waals surface area contributed by atoms with E-state index in [1.807, 2.05) is 12.1 Å². The predicted octanol–water partition coefficient (Wildman–Crippen LogP) is 13.5. The summed E-state index contributed by atoms with van der Waals surface area (Å²) in [6.45, 7) is 4.69. The standard InChI is InChI=1S/C49H33NOSe/c1-49(2)43-13-7-5-11-37(43)38-25-21-34(28-44(38)49)50(35-22-26-40-39-12-6-8-14-45(39)51-46(40)29-35)33-19-15-30(16-20-33)32-18-23-41-42-24-17-31-9-3-4-10-36(31)48(42)52-47(41)27-32/h3-29H,1-2H3. The maximum atomic E-state index is 6.40. The number of fused-ring (bicyclic) bond motifs is 11. The molecule has 0 amide bonds. The van der Waals surface area contributed by atoms with Gasteiger partial charge in [0.05, 0.1) is 0 Å². The molecule has 0 atom stereocenters. The van der Waals surface area contributed by atoms with E-state index in [1.54, 1.807) is 0 Å². The van der Waals surface area contributed by atoms with E-state index in [4.69, 9.17) is 4.42 Å². The number of nitrogens with zero attached hydrogens (tertiary/aromatic N) is 1. The SMILES string of the molecule is CC1(C)c2ccccc2-c2ccc(N(c3ccc(-c4ccc5c(c4)[se]c4c6ccccc6ccc54)cc3)c3ccc4c(c3)oc3ccccc34)cc21. The van der Waals surface area contributed by atoms with Crippen molar-refractivity contribution in [3.63, 3.8) is 0 Å². The minimum absolute atomic E-state index is 0.0961. The van der Waals surface area contributed by atoms with Crippen molar-refractivity contribution in [2.24, 2.45) is 0 Å². The van der Waals surface area contributed by atoms with Crippen LogP contribution in [0.1, 0.15) is 25.0 Å². The third-order valence-electron chi connectivity index (χ3n) is 11.3. The second-order valence-electron chi connectivity index (χ2n) is 14.5. The Morgan fingerprint density at radius 1 is 0.462 bits per heavy atom. The Kier molecular flexibility index (Phi) is 6.35. The molecule has 11 rings (SSSR count). The van der Waals surface area contributed by atoms with Gasteiger partial charge in [0.1, 0.15) is 5.58 Å². The summed E-state index contributed by atoms with van der Waals surface area (Å²) >= 11 is 0.272. The van der Waals surface area contributed by atoms with Crippen LogP contribution in [-0.2, 0) is 5.41 Å². The molecule has 10 aromatic rings. The van der Waals surface area contributed by atoms with Crippen LogP contribution in [0.15, 0.2) is 168 Å². The fourth-order valence-corrected chi connectivity index (χ4v) is 11.3. The van der Waals surface area contributed by atoms with Gasteiger partial charge in [0, 0.05) is 5.39 Å². The molecule has 3 heteroatoms. The van der Waals surface area contributed by atoms with Crippen molar-refractivity contribution in [1.82, 2.24) is 0 Å². The van der Waals surface area contributed by atoms with Gasteiger partial charge in [-0.05, 0) is 17.2 Å². The molecule has 246 valence electrons. The molecule has 1 aliphatic carbocycles. The van der Waals surface area contributed by atoms with Gasteiger partial charge >= 0.3 is 225 Å². The number of hydrogen-bond donors (Lipinski definition) is 0. The van der Waals surface area contributed by atoms with E-state index in [2.05, 4.69) is 170 Å². The first-order chi connectivity index (χ1) is 25.5. The number of furan rings is 1. The molecule has 0 aliphatic heterocycles. The van der Waals surface area contributed by atoms with Gasteiger partial charge in [-0.2, -0.15) is 0 Å². The molecule has 2 aromatic heterocycles. The Morgan fingerprint density at radius 2 is 1.12 bits per heavy atom. The van der Waals surface area contributed by atoms with Gasteiger partial charge in [0.25, 0.3) is 0 Å². The summed E-state index contributed by atoms with van der Waals surface area (Å²) in [5, 5.41) is 7.77. The van der Waals surface area contributed by atoms with Crippen molar-refractivity contribution in [2.75, 3.05) is 4.90 Å². The van der Waals surface area contributed by atoms with Crippen LogP contribution in [0.2, 0.25) is 0 Å². The molecule has 0 spiro atoms. The topological polar surface area (TPSA) is 16.4 Å². The Balaban J connectivity index is 1.04. The summed E-state index contributed by atoms with van der Waals surface area (Å²) in [6, 6.07) is 60.3. The van der Waals surface area contributed by atoms with E-state index in [9.17, 15) is 0 Å². The van der Waals surface area contributed by atoms with E-state index in [0.717, 1.165) is 39.0 Å². The number of anilines is 3. The zero-order valence-electron chi connectivity index (χ0n) is 28.9. The number of rotatable bonds is 4. The van der Waals surface area contributed by atoms with E-state index in [0.29, 0.717) is 0 Å². The van der Waals surface area contributed by atoms with E-state index >= 15 is 0 Å². The summed E-state index contributed by atoms with van der Waals surface area (Å²) in [5.41, 5.74) is 12.9. The zero-order chi connectivity index (χ0) is 34.6. The summed E-state index contributed by atoms with van der Waals surface area (Å²) in [4.78, 5) is 2.38. The average Bonchev–Trinajstić information content (AvgIpc) is 3.82. The first-order valence-electron chi connectivity index (χ1n) is 17.9. The van der Waals surface area contributed by atoms with Crippen LogP contribution >= 0.6 is 0 Å². The number of para-hydroxylation sites is 1. The average molecular weight is 731 g/mol. The second kappa shape index (κ2) is 11.1. The number of hydrogen-bond acceptors (Lipinski definition) is 2. The van der Waals surface area contributed by atoms with Crippen LogP contribution in [0.3, 0.4) is 0 Å². The summed E-state index contributed by atoms with van der Waals surface area (Å²) in [5.74, 6) is 0. The molecule has 0 fully saturated rings. The van der Waals surface area contributed by atoms with Gasteiger partial charge < -0.3 is 0 Å². The molecule has 2 heterocycles. The van der Waals surface area contributed by atoms with Crippen molar-refractivity contribution < 1.29 is 4.42 Å². The van der Waals surface area contributed by atoms with Crippen molar-refractivity contribution in [3.05, 3.63) is 175 Å². The zero-order valence-corrected chi connectivity index (χ0v) is 30.6. The summed E-state index contributed by atoms with van der Waals surface area (Å²) in [6.07, 6.45) is 0. The molecule has 0 saturated carbocycles. The normalized spacial score (nSPS) is 13.3. The molecular formula is C49H33NOSe. The molecule has 2 nitrogen and oxygen atoms in total. The van der Waals surface area contributed by atoms with E-state index < -0.39 is 0 Å². The Morgan fingerprint density at radius 3 is 2.02 bits per heavy atom. The van der Waals surface area contributed by atoms with Gasteiger partial charge in [-0.1, -0.05) is 56.3 Å². The Bertz CT molecular complexity index is 3050. The molecule has 0 saturated heterocycles. The van der Waals surface area contributed by atoms with E-state index in [-0.39, 0.29) is 19.9 Å². The van der Waals surface area contributed by atoms with Gasteiger partial charge in [-0.25, -0.2) is 0 Å². The predicted molar refractivity (Wildman–Crippen MR) is 221 cm³/mol. The van der Waals surface area contributed by atoms with Crippen LogP contribution in [0.5, 0.6) is 0 Å². The quantitative estimate of drug-likeness (QED) is 0.168. The van der Waals surface area contributed by atoms with Gasteiger partial charge in [0.2, 0.25) is 0 Å². The third kappa shape index (κ3) is 4.37. The van der Waals surface area contributed by atoms with Crippen molar-refractivity contribution in [2.45, 2.75) is 19.3 Å². The maximum absolute atomic E-state index is 6.40. The first-order valence-corrected chi connectivity index (χ1v) is 19.6. The summed E-state index contributed by atoms with van der Waals surface area (Å²) < 4.78 is 9.37. The van der Waals surface area contributed by atoms with Crippen molar-refractivity contribution >= 4 is 83.6 Å². The second-order valence-corrected chi connectivity index (χ2v) is 16.7. The molecule has 1 aliphatic rings. The molecule has 0 bridgehead atoms. The number of benzene rings is 8. The molecule has 8 aromatic carbocycles. The van der Waals surface area contributed by atoms with E-state index in [1.165, 1.54) is 63.4 Å². The van der Waals surface area contributed by atoms with Crippen LogP contribution in [0, 0.1) is 0 Å². The van der Waals surface area contributed by atoms with Crippen LogP contribution in [-0.4, -0.2) is 14.5 Å².